The Balaban J connectivity index is 2.04. The van der Waals surface area contributed by atoms with E-state index in [2.05, 4.69) is 10.5 Å². The zero-order valence-electron chi connectivity index (χ0n) is 10.6. The lowest BCUT2D eigenvalue weighted by Gasteiger charge is -2.06. The highest BCUT2D eigenvalue weighted by Gasteiger charge is 2.12. The molecule has 3 N–H and O–H groups in total. The molecule has 1 aromatic carbocycles. The number of hydrogen-bond donors (Lipinski definition) is 2. The van der Waals surface area contributed by atoms with E-state index < -0.39 is 11.7 Å². The van der Waals surface area contributed by atoms with E-state index >= 15 is 0 Å². The van der Waals surface area contributed by atoms with Gasteiger partial charge in [-0.2, -0.15) is 0 Å². The maximum atomic E-state index is 13.8. The van der Waals surface area contributed by atoms with Gasteiger partial charge < -0.3 is 15.6 Å². The Labute approximate surface area is 119 Å². The van der Waals surface area contributed by atoms with Gasteiger partial charge in [0.15, 0.2) is 5.69 Å². The number of halogens is 1. The standard InChI is InChI=1S/C13H12FN3O2S/c1-7-4-11(17-19-7)13(18)16-6-9-3-2-8(12(15)20)5-10(9)14/h2-5H,6H2,1H3,(H2,15,20)(H,16,18). The molecule has 0 aliphatic carbocycles. The van der Waals surface area contributed by atoms with Crippen molar-refractivity contribution < 1.29 is 13.7 Å². The van der Waals surface area contributed by atoms with Gasteiger partial charge in [-0.1, -0.05) is 29.5 Å². The van der Waals surface area contributed by atoms with Crippen molar-refractivity contribution in [2.45, 2.75) is 13.5 Å². The van der Waals surface area contributed by atoms with Crippen LogP contribution < -0.4 is 11.1 Å². The lowest BCUT2D eigenvalue weighted by atomic mass is 10.1. The van der Waals surface area contributed by atoms with Crippen molar-refractivity contribution in [3.8, 4) is 0 Å². The number of nitrogens with one attached hydrogen (secondary N) is 1. The Hall–Kier alpha value is -2.28. The van der Waals surface area contributed by atoms with Crippen molar-refractivity contribution in [1.82, 2.24) is 10.5 Å². The number of benzene rings is 1. The lowest BCUT2D eigenvalue weighted by Crippen LogP contribution is -2.23. The summed E-state index contributed by atoms with van der Waals surface area (Å²) in [5, 5.41) is 6.13. The molecule has 0 fully saturated rings. The number of carbonyl (C=O) groups excluding carboxylic acids is 1. The van der Waals surface area contributed by atoms with Crippen LogP contribution in [-0.4, -0.2) is 16.1 Å². The monoisotopic (exact) mass is 293 g/mol. The number of nitrogens with zero attached hydrogens (tertiary/aromatic N) is 1. The third-order valence-electron chi connectivity index (χ3n) is 2.64. The summed E-state index contributed by atoms with van der Waals surface area (Å²) in [5.41, 5.74) is 6.34. The highest BCUT2D eigenvalue weighted by Crippen LogP contribution is 2.11. The average molecular weight is 293 g/mol. The summed E-state index contributed by atoms with van der Waals surface area (Å²) in [6.07, 6.45) is 0. The first-order chi connectivity index (χ1) is 9.47. The number of nitrogens with two attached hydrogens (primary N) is 1. The summed E-state index contributed by atoms with van der Waals surface area (Å²) in [6.45, 7) is 1.71. The van der Waals surface area contributed by atoms with E-state index in [9.17, 15) is 9.18 Å². The van der Waals surface area contributed by atoms with Gasteiger partial charge in [-0.25, -0.2) is 4.39 Å². The van der Waals surface area contributed by atoms with Crippen LogP contribution in [-0.2, 0) is 6.54 Å². The van der Waals surface area contributed by atoms with E-state index in [1.165, 1.54) is 18.2 Å². The van der Waals surface area contributed by atoms with Gasteiger partial charge in [-0.3, -0.25) is 4.79 Å². The summed E-state index contributed by atoms with van der Waals surface area (Å²) in [5.74, 6) is -0.381. The van der Waals surface area contributed by atoms with Gasteiger partial charge in [0.2, 0.25) is 0 Å². The van der Waals surface area contributed by atoms with Crippen molar-refractivity contribution in [3.63, 3.8) is 0 Å². The molecular weight excluding hydrogens is 281 g/mol. The molecular formula is C13H12FN3O2S. The molecule has 2 aromatic rings. The van der Waals surface area contributed by atoms with E-state index in [0.29, 0.717) is 16.9 Å². The number of aryl methyl sites for hydroxylation is 1. The first-order valence-electron chi connectivity index (χ1n) is 5.77. The largest absolute Gasteiger partial charge is 0.389 e. The molecule has 0 saturated carbocycles. The van der Waals surface area contributed by atoms with Gasteiger partial charge >= 0.3 is 0 Å². The van der Waals surface area contributed by atoms with Crippen molar-refractivity contribution in [3.05, 3.63) is 52.7 Å². The zero-order chi connectivity index (χ0) is 14.7. The Morgan fingerprint density at radius 1 is 1.50 bits per heavy atom. The summed E-state index contributed by atoms with van der Waals surface area (Å²) in [6, 6.07) is 5.87. The Bertz CT molecular complexity index is 669. The molecule has 20 heavy (non-hydrogen) atoms. The molecule has 104 valence electrons. The van der Waals surface area contributed by atoms with Crippen molar-refractivity contribution in [2.24, 2.45) is 5.73 Å². The molecule has 0 bridgehead atoms. The predicted molar refractivity (Wildman–Crippen MR) is 74.7 cm³/mol. The summed E-state index contributed by atoms with van der Waals surface area (Å²) < 4.78 is 18.6. The van der Waals surface area contributed by atoms with Gasteiger partial charge in [0.05, 0.1) is 0 Å². The second-order valence-electron chi connectivity index (χ2n) is 4.18. The number of hydrogen-bond acceptors (Lipinski definition) is 4. The van der Waals surface area contributed by atoms with Crippen LogP contribution in [0.2, 0.25) is 0 Å². The smallest absolute Gasteiger partial charge is 0.273 e. The fourth-order valence-electron chi connectivity index (χ4n) is 1.58. The minimum Gasteiger partial charge on any atom is -0.389 e. The second kappa shape index (κ2) is 5.79. The first-order valence-corrected chi connectivity index (χ1v) is 6.18. The number of aromatic nitrogens is 1. The Kier molecular flexibility index (Phi) is 4.09. The molecule has 0 unspecified atom stereocenters. The van der Waals surface area contributed by atoms with Gasteiger partial charge in [0.1, 0.15) is 16.6 Å². The van der Waals surface area contributed by atoms with Crippen LogP contribution in [0, 0.1) is 12.7 Å². The highest BCUT2D eigenvalue weighted by molar-refractivity contribution is 7.80. The summed E-state index contributed by atoms with van der Waals surface area (Å²) in [7, 11) is 0. The average Bonchev–Trinajstić information content (AvgIpc) is 2.83. The number of carbonyl (C=O) groups is 1. The van der Waals surface area contributed by atoms with Crippen LogP contribution in [0.15, 0.2) is 28.8 Å². The fraction of sp³-hybridized carbons (Fsp3) is 0.154. The van der Waals surface area contributed by atoms with Gasteiger partial charge in [0, 0.05) is 23.7 Å². The first kappa shape index (κ1) is 14.1. The topological polar surface area (TPSA) is 81.2 Å². The molecule has 1 amide bonds. The fourth-order valence-corrected chi connectivity index (χ4v) is 1.71. The molecule has 0 atom stereocenters. The predicted octanol–water partition coefficient (Wildman–Crippen LogP) is 1.69. The Morgan fingerprint density at radius 2 is 2.25 bits per heavy atom. The summed E-state index contributed by atoms with van der Waals surface area (Å²) >= 11 is 4.76. The third kappa shape index (κ3) is 3.18. The van der Waals surface area contributed by atoms with Crippen LogP contribution in [0.25, 0.3) is 0 Å². The molecule has 0 aliphatic heterocycles. The quantitative estimate of drug-likeness (QED) is 0.838. The molecule has 0 radical (unpaired) electrons. The van der Waals surface area contributed by atoms with E-state index in [1.807, 2.05) is 0 Å². The third-order valence-corrected chi connectivity index (χ3v) is 2.87. The molecule has 0 aliphatic rings. The van der Waals surface area contributed by atoms with E-state index in [4.69, 9.17) is 22.5 Å². The van der Waals surface area contributed by atoms with Crippen LogP contribution in [0.5, 0.6) is 0 Å². The van der Waals surface area contributed by atoms with Crippen molar-refractivity contribution in [2.75, 3.05) is 0 Å². The van der Waals surface area contributed by atoms with Crippen molar-refractivity contribution in [1.29, 1.82) is 0 Å². The molecule has 1 aromatic heterocycles. The number of thiocarbonyl (C=S) groups is 1. The highest BCUT2D eigenvalue weighted by atomic mass is 32.1. The molecule has 0 saturated heterocycles. The minimum absolute atomic E-state index is 0.0359. The maximum absolute atomic E-state index is 13.8. The maximum Gasteiger partial charge on any atom is 0.273 e. The van der Waals surface area contributed by atoms with Crippen molar-refractivity contribution >= 4 is 23.1 Å². The molecule has 7 heteroatoms. The van der Waals surface area contributed by atoms with Crippen LogP contribution in [0.1, 0.15) is 27.4 Å². The normalized spacial score (nSPS) is 10.3. The van der Waals surface area contributed by atoms with Crippen LogP contribution >= 0.6 is 12.2 Å². The second-order valence-corrected chi connectivity index (χ2v) is 4.62. The van der Waals surface area contributed by atoms with Crippen LogP contribution in [0.3, 0.4) is 0 Å². The van der Waals surface area contributed by atoms with E-state index in [1.54, 1.807) is 13.0 Å². The zero-order valence-corrected chi connectivity index (χ0v) is 11.5. The molecule has 0 spiro atoms. The lowest BCUT2D eigenvalue weighted by molar-refractivity contribution is 0.0941. The molecule has 2 rings (SSSR count). The van der Waals surface area contributed by atoms with E-state index in [0.717, 1.165) is 0 Å². The van der Waals surface area contributed by atoms with Gasteiger partial charge in [-0.05, 0) is 13.0 Å². The SMILES string of the molecule is Cc1cc(C(=O)NCc2ccc(C(N)=S)cc2F)no1. The van der Waals surface area contributed by atoms with E-state index in [-0.39, 0.29) is 17.2 Å². The number of amides is 1. The van der Waals surface area contributed by atoms with Gasteiger partial charge in [-0.15, -0.1) is 0 Å². The molecule has 5 nitrogen and oxygen atoms in total. The summed E-state index contributed by atoms with van der Waals surface area (Å²) in [4.78, 5) is 11.8. The number of rotatable bonds is 4. The Morgan fingerprint density at radius 3 is 2.80 bits per heavy atom. The van der Waals surface area contributed by atoms with Gasteiger partial charge in [0.25, 0.3) is 5.91 Å². The molecule has 1 heterocycles. The minimum atomic E-state index is -0.480. The van der Waals surface area contributed by atoms with Crippen LogP contribution in [0.4, 0.5) is 4.39 Å².